The van der Waals surface area contributed by atoms with Gasteiger partial charge in [0.15, 0.2) is 23.1 Å². The van der Waals surface area contributed by atoms with E-state index < -0.39 is 12.2 Å². The minimum absolute atomic E-state index is 0. The quantitative estimate of drug-likeness (QED) is 0.0702. The summed E-state index contributed by atoms with van der Waals surface area (Å²) in [5, 5.41) is 62.7. The molecule has 0 spiro atoms. The molecule has 0 fully saturated rings. The fraction of sp³-hybridized carbons (Fsp3) is 0.370. The van der Waals surface area contributed by atoms with Crippen molar-refractivity contribution in [2.45, 2.75) is 126 Å². The highest BCUT2D eigenvalue weighted by Crippen LogP contribution is 2.47. The number of aryl methyl sites for hydroxylation is 2. The standard InChI is InChI=1S/C27H32O6.C26H30O5.CH4/c1-15(2)7-6-8-16(3)9-10-19-20(28)13-23-25(27(19)31)21(29)14-22(33-23)18-11-17(4)26(30)24(12-18)32-5;1-15(2)6-5-7-16(3)8-11-19-21(28)13-24-25(26(19)30)22(29)14-23(31-24)18-10-9-17(4)20(27)12-18;/h7,9,11-13,22,28,30-31H,6,8,10,14H2,1-5H3;6,8-10,12-13,23,27-28,30H,5,7,11,14H2,1-4H3;1H4/b16-9+;16-8+;. The van der Waals surface area contributed by atoms with Crippen LogP contribution in [0.4, 0.5) is 0 Å². The summed E-state index contributed by atoms with van der Waals surface area (Å²) in [5.41, 5.74) is 8.33. The Labute approximate surface area is 383 Å². The molecule has 2 atom stereocenters. The topological polar surface area (TPSA) is 183 Å². The molecule has 0 radical (unpaired) electrons. The molecule has 11 heteroatoms. The number of benzene rings is 4. The molecule has 4 aromatic rings. The minimum atomic E-state index is -0.625. The average Bonchev–Trinajstić information content (AvgIpc) is 3.21. The van der Waals surface area contributed by atoms with E-state index in [2.05, 4.69) is 39.8 Å². The van der Waals surface area contributed by atoms with E-state index in [0.29, 0.717) is 46.4 Å². The second-order valence-electron chi connectivity index (χ2n) is 17.2. The van der Waals surface area contributed by atoms with Crippen molar-refractivity contribution >= 4 is 11.6 Å². The molecule has 0 bridgehead atoms. The van der Waals surface area contributed by atoms with Crippen molar-refractivity contribution in [3.05, 3.63) is 134 Å². The van der Waals surface area contributed by atoms with E-state index in [9.17, 15) is 40.2 Å². The highest BCUT2D eigenvalue weighted by atomic mass is 16.5. The van der Waals surface area contributed by atoms with Crippen molar-refractivity contribution in [1.82, 2.24) is 0 Å². The Morgan fingerprint density at radius 3 is 1.49 bits per heavy atom. The van der Waals surface area contributed by atoms with Crippen LogP contribution in [0.5, 0.6) is 51.7 Å². The highest BCUT2D eigenvalue weighted by molar-refractivity contribution is 6.04. The van der Waals surface area contributed by atoms with E-state index in [1.807, 2.05) is 26.0 Å². The molecule has 0 saturated carbocycles. The number of carbonyl (C=O) groups excluding carboxylic acids is 2. The highest BCUT2D eigenvalue weighted by Gasteiger charge is 2.34. The lowest BCUT2D eigenvalue weighted by Gasteiger charge is -2.27. The van der Waals surface area contributed by atoms with Crippen LogP contribution in [0.25, 0.3) is 0 Å². The Hall–Kier alpha value is -6.62. The van der Waals surface area contributed by atoms with Gasteiger partial charge in [0.05, 0.1) is 20.0 Å². The van der Waals surface area contributed by atoms with Gasteiger partial charge in [0.1, 0.15) is 63.6 Å². The first-order chi connectivity index (χ1) is 30.3. The fourth-order valence-corrected chi connectivity index (χ4v) is 7.65. The molecule has 65 heavy (non-hydrogen) atoms. The van der Waals surface area contributed by atoms with E-state index in [1.54, 1.807) is 44.2 Å². The number of aromatic hydroxyl groups is 6. The number of Topliss-reactive ketones (excluding diaryl/α,β-unsaturated/α-hetero) is 2. The predicted molar refractivity (Wildman–Crippen MR) is 255 cm³/mol. The van der Waals surface area contributed by atoms with Crippen molar-refractivity contribution < 1.29 is 54.4 Å². The summed E-state index contributed by atoms with van der Waals surface area (Å²) in [6, 6.07) is 11.3. The average molecular weight is 891 g/mol. The van der Waals surface area contributed by atoms with Gasteiger partial charge < -0.3 is 44.8 Å². The number of methoxy groups -OCH3 is 1. The lowest BCUT2D eigenvalue weighted by atomic mass is 9.92. The van der Waals surface area contributed by atoms with Crippen LogP contribution in [0.1, 0.15) is 154 Å². The van der Waals surface area contributed by atoms with Crippen molar-refractivity contribution in [3.63, 3.8) is 0 Å². The molecule has 2 unspecified atom stereocenters. The molecule has 6 N–H and O–H groups in total. The summed E-state index contributed by atoms with van der Waals surface area (Å²) in [7, 11) is 1.45. The van der Waals surface area contributed by atoms with Gasteiger partial charge in [-0.2, -0.15) is 0 Å². The smallest absolute Gasteiger partial charge is 0.174 e. The maximum Gasteiger partial charge on any atom is 0.174 e. The summed E-state index contributed by atoms with van der Waals surface area (Å²) in [6.45, 7) is 15.8. The molecule has 11 nitrogen and oxygen atoms in total. The predicted octanol–water partition coefficient (Wildman–Crippen LogP) is 12.8. The normalized spacial score (nSPS) is 15.5. The lowest BCUT2D eigenvalue weighted by Crippen LogP contribution is -2.21. The molecule has 0 saturated heterocycles. The fourth-order valence-electron chi connectivity index (χ4n) is 7.65. The van der Waals surface area contributed by atoms with Crippen LogP contribution in [-0.2, 0) is 12.8 Å². The molecule has 0 amide bonds. The van der Waals surface area contributed by atoms with Gasteiger partial charge in [0, 0.05) is 23.3 Å². The van der Waals surface area contributed by atoms with Crippen molar-refractivity contribution in [2.75, 3.05) is 7.11 Å². The van der Waals surface area contributed by atoms with E-state index in [-0.39, 0.29) is 89.0 Å². The van der Waals surface area contributed by atoms with Crippen LogP contribution < -0.4 is 14.2 Å². The van der Waals surface area contributed by atoms with Crippen LogP contribution in [0, 0.1) is 13.8 Å². The molecular formula is C54H66O11. The van der Waals surface area contributed by atoms with Gasteiger partial charge in [-0.05, 0) is 134 Å². The minimum Gasteiger partial charge on any atom is -0.508 e. The van der Waals surface area contributed by atoms with Crippen LogP contribution in [0.2, 0.25) is 0 Å². The third-order valence-electron chi connectivity index (χ3n) is 11.5. The monoisotopic (exact) mass is 890 g/mol. The number of carbonyl (C=O) groups is 2. The Bertz CT molecular complexity index is 2530. The Balaban J connectivity index is 0.000000281. The van der Waals surface area contributed by atoms with Crippen molar-refractivity contribution in [2.24, 2.45) is 0 Å². The Morgan fingerprint density at radius 1 is 0.600 bits per heavy atom. The maximum absolute atomic E-state index is 13.0. The first-order valence-electron chi connectivity index (χ1n) is 21.6. The molecule has 2 aliphatic heterocycles. The Morgan fingerprint density at radius 2 is 1.06 bits per heavy atom. The Kier molecular flexibility index (Phi) is 17.5. The molecule has 4 aromatic carbocycles. The first kappa shape index (κ1) is 51.0. The number of fused-ring (bicyclic) bond motifs is 2. The van der Waals surface area contributed by atoms with Gasteiger partial charge in [0.25, 0.3) is 0 Å². The zero-order valence-corrected chi connectivity index (χ0v) is 38.4. The third kappa shape index (κ3) is 12.6. The number of hydrogen-bond donors (Lipinski definition) is 6. The number of phenolic OH excluding ortho intramolecular Hbond substituents is 6. The molecule has 2 heterocycles. The van der Waals surface area contributed by atoms with Gasteiger partial charge >= 0.3 is 0 Å². The largest absolute Gasteiger partial charge is 0.508 e. The third-order valence-corrected chi connectivity index (χ3v) is 11.5. The number of ketones is 2. The lowest BCUT2D eigenvalue weighted by molar-refractivity contribution is 0.0833. The molecule has 2 aliphatic rings. The van der Waals surface area contributed by atoms with Crippen LogP contribution in [-0.4, -0.2) is 49.3 Å². The maximum atomic E-state index is 13.0. The van der Waals surface area contributed by atoms with E-state index in [4.69, 9.17) is 14.2 Å². The van der Waals surface area contributed by atoms with E-state index in [0.717, 1.165) is 42.4 Å². The molecule has 0 aliphatic carbocycles. The molecular weight excluding hydrogens is 825 g/mol. The zero-order valence-electron chi connectivity index (χ0n) is 38.4. The van der Waals surface area contributed by atoms with Gasteiger partial charge in [-0.15, -0.1) is 0 Å². The second-order valence-corrected chi connectivity index (χ2v) is 17.2. The summed E-state index contributed by atoms with van der Waals surface area (Å²) >= 11 is 0. The van der Waals surface area contributed by atoms with Gasteiger partial charge in [-0.1, -0.05) is 66.2 Å². The number of phenols is 6. The van der Waals surface area contributed by atoms with Crippen LogP contribution in [0.3, 0.4) is 0 Å². The first-order valence-corrected chi connectivity index (χ1v) is 21.6. The summed E-state index contributed by atoms with van der Waals surface area (Å²) in [6.07, 6.45) is 11.4. The van der Waals surface area contributed by atoms with Crippen molar-refractivity contribution in [1.29, 1.82) is 0 Å². The molecule has 6 rings (SSSR count). The molecule has 348 valence electrons. The van der Waals surface area contributed by atoms with Gasteiger partial charge in [0.2, 0.25) is 0 Å². The summed E-state index contributed by atoms with van der Waals surface area (Å²) in [4.78, 5) is 25.8. The zero-order chi connectivity index (χ0) is 47.0. The number of hydrogen-bond acceptors (Lipinski definition) is 11. The summed E-state index contributed by atoms with van der Waals surface area (Å²) < 4.78 is 17.1. The van der Waals surface area contributed by atoms with Gasteiger partial charge in [-0.25, -0.2) is 0 Å². The van der Waals surface area contributed by atoms with E-state index >= 15 is 0 Å². The molecule has 0 aromatic heterocycles. The van der Waals surface area contributed by atoms with Crippen LogP contribution in [0.15, 0.2) is 89.1 Å². The number of allylic oxidation sites excluding steroid dienone is 8. The van der Waals surface area contributed by atoms with Crippen LogP contribution >= 0.6 is 0 Å². The summed E-state index contributed by atoms with van der Waals surface area (Å²) in [5.74, 6) is -0.451. The SMILES string of the molecule is C.CC(C)=CCC/C(C)=C/Cc1c(O)cc2c(c1O)C(=O)CC(c1ccc(C)c(O)c1)O2.COc1cc(C2CC(=O)c3c(cc(O)c(C/C=C(\C)CCC=C(C)C)c3O)O2)cc(C)c1O. The van der Waals surface area contributed by atoms with Crippen molar-refractivity contribution in [3.8, 4) is 51.7 Å². The number of rotatable bonds is 13. The van der Waals surface area contributed by atoms with E-state index in [1.165, 1.54) is 30.4 Å². The number of ether oxygens (including phenoxy) is 3. The van der Waals surface area contributed by atoms with Gasteiger partial charge in [-0.3, -0.25) is 9.59 Å². The second kappa shape index (κ2) is 22.3.